The van der Waals surface area contributed by atoms with Gasteiger partial charge < -0.3 is 14.1 Å². The van der Waals surface area contributed by atoms with Crippen LogP contribution in [0.15, 0.2) is 116 Å². The van der Waals surface area contributed by atoms with Gasteiger partial charge in [-0.15, -0.1) is 6.58 Å². The van der Waals surface area contributed by atoms with Crippen LogP contribution in [0, 0.1) is 0 Å². The normalized spacial score (nSPS) is 18.1. The molecule has 0 aliphatic carbocycles. The number of amides is 1. The zero-order valence-electron chi connectivity index (χ0n) is 22.0. The van der Waals surface area contributed by atoms with E-state index in [0.717, 1.165) is 5.56 Å². The molecule has 0 unspecified atom stereocenters. The fourth-order valence-electron chi connectivity index (χ4n) is 5.20. The van der Waals surface area contributed by atoms with Crippen molar-refractivity contribution in [2.24, 2.45) is 0 Å². The Morgan fingerprint density at radius 1 is 0.892 bits per heavy atom. The van der Waals surface area contributed by atoms with Gasteiger partial charge in [0, 0.05) is 12.6 Å². The second-order valence-corrected chi connectivity index (χ2v) is 14.7. The van der Waals surface area contributed by atoms with E-state index in [4.69, 9.17) is 9.16 Å². The third-order valence-electron chi connectivity index (χ3n) is 6.99. The highest BCUT2D eigenvalue weighted by Gasteiger charge is 2.51. The summed E-state index contributed by atoms with van der Waals surface area (Å²) in [7, 11) is -2.77. The predicted molar refractivity (Wildman–Crippen MR) is 153 cm³/mol. The number of rotatable bonds is 10. The summed E-state index contributed by atoms with van der Waals surface area (Å²) in [6.07, 6.45) is 4.96. The topological polar surface area (TPSA) is 38.8 Å². The standard InChI is InChI=1S/C32H37NO3Si/c1-5-23-33-29(30(21-22-31(33)34)35-24-26-15-9-6-10-16-26)25-36-37(32(2,3)4,27-17-11-7-12-18-27)28-19-13-8-14-20-28/h5-22,29-30H,1,23-25H2,2-4H3/t29-,30-/m0/s1. The second-order valence-electron chi connectivity index (χ2n) is 10.4. The van der Waals surface area contributed by atoms with Gasteiger partial charge in [-0.3, -0.25) is 4.79 Å². The van der Waals surface area contributed by atoms with Crippen LogP contribution >= 0.6 is 0 Å². The molecule has 1 aliphatic heterocycles. The highest BCUT2D eigenvalue weighted by molar-refractivity contribution is 6.99. The second kappa shape index (κ2) is 11.9. The molecule has 0 spiro atoms. The van der Waals surface area contributed by atoms with Gasteiger partial charge in [-0.2, -0.15) is 0 Å². The monoisotopic (exact) mass is 511 g/mol. The quantitative estimate of drug-likeness (QED) is 0.281. The lowest BCUT2D eigenvalue weighted by Crippen LogP contribution is -2.68. The molecular formula is C32H37NO3Si. The first kappa shape index (κ1) is 26.8. The Morgan fingerprint density at radius 3 is 1.95 bits per heavy atom. The molecule has 3 aromatic carbocycles. The zero-order chi connectivity index (χ0) is 26.3. The minimum absolute atomic E-state index is 0.0458. The SMILES string of the molecule is C=CCN1C(=O)C=C[C@H](OCc2ccccc2)[C@@H]1CO[Si](c1ccccc1)(c1ccccc1)C(C)(C)C. The van der Waals surface area contributed by atoms with E-state index in [0.29, 0.717) is 19.8 Å². The first-order chi connectivity index (χ1) is 17.9. The van der Waals surface area contributed by atoms with Gasteiger partial charge >= 0.3 is 0 Å². The number of hydrogen-bond donors (Lipinski definition) is 0. The van der Waals surface area contributed by atoms with Crippen molar-refractivity contribution in [1.29, 1.82) is 0 Å². The molecule has 192 valence electrons. The summed E-state index contributed by atoms with van der Waals surface area (Å²) in [4.78, 5) is 14.8. The summed E-state index contributed by atoms with van der Waals surface area (Å²) in [6, 6.07) is 31.0. The molecule has 0 saturated carbocycles. The maximum atomic E-state index is 13.0. The number of nitrogens with zero attached hydrogens (tertiary/aromatic N) is 1. The summed E-state index contributed by atoms with van der Waals surface area (Å²) in [5, 5.41) is 2.26. The molecule has 0 saturated heterocycles. The Bertz CT molecular complexity index is 1150. The summed E-state index contributed by atoms with van der Waals surface area (Å²) >= 11 is 0. The zero-order valence-corrected chi connectivity index (χ0v) is 23.0. The van der Waals surface area contributed by atoms with Gasteiger partial charge in [-0.05, 0) is 27.1 Å². The fraction of sp³-hybridized carbons (Fsp3) is 0.281. The highest BCUT2D eigenvalue weighted by Crippen LogP contribution is 2.37. The van der Waals surface area contributed by atoms with Crippen molar-refractivity contribution in [3.8, 4) is 0 Å². The van der Waals surface area contributed by atoms with E-state index < -0.39 is 8.32 Å². The molecule has 37 heavy (non-hydrogen) atoms. The van der Waals surface area contributed by atoms with Gasteiger partial charge in [0.2, 0.25) is 5.91 Å². The average Bonchev–Trinajstić information content (AvgIpc) is 2.91. The van der Waals surface area contributed by atoms with Crippen LogP contribution in [0.25, 0.3) is 0 Å². The van der Waals surface area contributed by atoms with Crippen LogP contribution in [-0.2, 0) is 20.6 Å². The van der Waals surface area contributed by atoms with Crippen LogP contribution in [0.5, 0.6) is 0 Å². The molecular weight excluding hydrogens is 474 g/mol. The Kier molecular flexibility index (Phi) is 8.59. The third kappa shape index (κ3) is 5.85. The van der Waals surface area contributed by atoms with Crippen molar-refractivity contribution >= 4 is 24.6 Å². The average molecular weight is 512 g/mol. The first-order valence-electron chi connectivity index (χ1n) is 12.9. The third-order valence-corrected chi connectivity index (χ3v) is 12.0. The minimum Gasteiger partial charge on any atom is -0.405 e. The van der Waals surface area contributed by atoms with E-state index in [1.807, 2.05) is 53.4 Å². The van der Waals surface area contributed by atoms with E-state index in [1.165, 1.54) is 10.4 Å². The minimum atomic E-state index is -2.77. The lowest BCUT2D eigenvalue weighted by molar-refractivity contribution is -0.133. The predicted octanol–water partition coefficient (Wildman–Crippen LogP) is 5.10. The van der Waals surface area contributed by atoms with Gasteiger partial charge in [0.1, 0.15) is 0 Å². The van der Waals surface area contributed by atoms with E-state index in [1.54, 1.807) is 12.2 Å². The maximum Gasteiger partial charge on any atom is 0.261 e. The molecule has 0 N–H and O–H groups in total. The molecule has 1 heterocycles. The number of carbonyl (C=O) groups is 1. The molecule has 1 amide bonds. The number of carbonyl (C=O) groups excluding carboxylic acids is 1. The lowest BCUT2D eigenvalue weighted by atomic mass is 10.0. The van der Waals surface area contributed by atoms with Crippen LogP contribution in [-0.4, -0.2) is 44.4 Å². The van der Waals surface area contributed by atoms with Gasteiger partial charge in [-0.1, -0.05) is 118 Å². The van der Waals surface area contributed by atoms with Crippen LogP contribution in [0.1, 0.15) is 26.3 Å². The number of hydrogen-bond acceptors (Lipinski definition) is 3. The summed E-state index contributed by atoms with van der Waals surface area (Å²) in [6.45, 7) is 11.9. The molecule has 1 aliphatic rings. The van der Waals surface area contributed by atoms with Crippen molar-refractivity contribution in [3.63, 3.8) is 0 Å². The van der Waals surface area contributed by atoms with Gasteiger partial charge in [0.05, 0.1) is 25.4 Å². The van der Waals surface area contributed by atoms with E-state index in [2.05, 4.69) is 75.9 Å². The van der Waals surface area contributed by atoms with Gasteiger partial charge in [0.15, 0.2) is 0 Å². The Morgan fingerprint density at radius 2 is 1.43 bits per heavy atom. The van der Waals surface area contributed by atoms with Crippen LogP contribution < -0.4 is 10.4 Å². The van der Waals surface area contributed by atoms with Crippen LogP contribution in [0.2, 0.25) is 5.04 Å². The molecule has 4 nitrogen and oxygen atoms in total. The molecule has 4 rings (SSSR count). The summed E-state index contributed by atoms with van der Waals surface area (Å²) < 4.78 is 13.6. The molecule has 0 fully saturated rings. The highest BCUT2D eigenvalue weighted by atomic mass is 28.4. The van der Waals surface area contributed by atoms with Gasteiger partial charge in [-0.25, -0.2) is 0 Å². The van der Waals surface area contributed by atoms with E-state index in [9.17, 15) is 4.79 Å². The molecule has 5 heteroatoms. The maximum absolute atomic E-state index is 13.0. The van der Waals surface area contributed by atoms with Crippen molar-refractivity contribution in [3.05, 3.63) is 121 Å². The number of ether oxygens (including phenoxy) is 1. The first-order valence-corrected chi connectivity index (χ1v) is 14.8. The van der Waals surface area contributed by atoms with Crippen molar-refractivity contribution in [1.82, 2.24) is 4.90 Å². The molecule has 3 aromatic rings. The lowest BCUT2D eigenvalue weighted by Gasteiger charge is -2.45. The summed E-state index contributed by atoms with van der Waals surface area (Å²) in [5.74, 6) is -0.0458. The summed E-state index contributed by atoms with van der Waals surface area (Å²) in [5.41, 5.74) is 1.09. The largest absolute Gasteiger partial charge is 0.405 e. The molecule has 0 radical (unpaired) electrons. The van der Waals surface area contributed by atoms with Crippen molar-refractivity contribution < 1.29 is 14.0 Å². The molecule has 2 atom stereocenters. The Hall–Kier alpha value is -3.25. The van der Waals surface area contributed by atoms with Crippen molar-refractivity contribution in [2.45, 2.75) is 44.6 Å². The van der Waals surface area contributed by atoms with Crippen LogP contribution in [0.4, 0.5) is 0 Å². The van der Waals surface area contributed by atoms with E-state index >= 15 is 0 Å². The number of benzene rings is 3. The van der Waals surface area contributed by atoms with Crippen LogP contribution in [0.3, 0.4) is 0 Å². The fourth-order valence-corrected chi connectivity index (χ4v) is 9.77. The Labute approximate surface area is 222 Å². The van der Waals surface area contributed by atoms with Crippen molar-refractivity contribution in [2.75, 3.05) is 13.2 Å². The molecule has 0 aromatic heterocycles. The Balaban J connectivity index is 1.71. The smallest absolute Gasteiger partial charge is 0.261 e. The molecule has 0 bridgehead atoms. The van der Waals surface area contributed by atoms with E-state index in [-0.39, 0.29) is 23.1 Å². The van der Waals surface area contributed by atoms with Gasteiger partial charge in [0.25, 0.3) is 8.32 Å².